The molecule has 2 atom stereocenters. The van der Waals surface area contributed by atoms with Crippen LogP contribution in [0.1, 0.15) is 16.8 Å². The van der Waals surface area contributed by atoms with E-state index in [-0.39, 0.29) is 5.91 Å². The Hall–Kier alpha value is -3.73. The van der Waals surface area contributed by atoms with Gasteiger partial charge in [-0.05, 0) is 12.1 Å². The van der Waals surface area contributed by atoms with Gasteiger partial charge in [0.2, 0.25) is 0 Å². The van der Waals surface area contributed by atoms with E-state index in [1.807, 2.05) is 29.0 Å². The lowest BCUT2D eigenvalue weighted by Gasteiger charge is -2.27. The standard InChI is InChI=1S/C22H23FN8O2/c1-24-18-10-19(28-21-13(11-26-31(18)21)22(32)27-15-9-14(15)23)30-12-17(29-5-7-33-8-6-29)20-16(30)3-2-4-25-20/h2-4,10-12,14-15,24H,5-9H2,1H3,(H,27,32). The largest absolute Gasteiger partial charge is 0.378 e. The average Bonchev–Trinajstić information content (AvgIpc) is 3.24. The van der Waals surface area contributed by atoms with E-state index in [0.29, 0.717) is 42.5 Å². The summed E-state index contributed by atoms with van der Waals surface area (Å²) in [5.41, 5.74) is 3.48. The van der Waals surface area contributed by atoms with Gasteiger partial charge in [0.1, 0.15) is 28.9 Å². The third kappa shape index (κ3) is 3.35. The molecule has 0 bridgehead atoms. The summed E-state index contributed by atoms with van der Waals surface area (Å²) in [5, 5.41) is 10.2. The molecule has 6 rings (SSSR count). The third-order valence-corrected chi connectivity index (χ3v) is 6.13. The highest BCUT2D eigenvalue weighted by molar-refractivity contribution is 6.00. The van der Waals surface area contributed by atoms with E-state index in [4.69, 9.17) is 9.72 Å². The molecule has 4 aromatic heterocycles. The minimum atomic E-state index is -0.982. The maximum Gasteiger partial charge on any atom is 0.257 e. The van der Waals surface area contributed by atoms with Crippen LogP contribution < -0.4 is 15.5 Å². The lowest BCUT2D eigenvalue weighted by molar-refractivity contribution is 0.0949. The summed E-state index contributed by atoms with van der Waals surface area (Å²) in [6.45, 7) is 2.91. The van der Waals surface area contributed by atoms with E-state index in [9.17, 15) is 9.18 Å². The number of nitrogens with zero attached hydrogens (tertiary/aromatic N) is 6. The SMILES string of the molecule is CNc1cc(-n2cc(N3CCOCC3)c3ncccc32)nc2c(C(=O)NC3CC3F)cnn12. The van der Waals surface area contributed by atoms with Crippen molar-refractivity contribution >= 4 is 34.1 Å². The minimum absolute atomic E-state index is 0.301. The van der Waals surface area contributed by atoms with Crippen molar-refractivity contribution in [2.45, 2.75) is 18.6 Å². The Balaban J connectivity index is 1.48. The van der Waals surface area contributed by atoms with Gasteiger partial charge in [0, 0.05) is 45.0 Å². The predicted octanol–water partition coefficient (Wildman–Crippen LogP) is 1.79. The molecule has 1 aliphatic heterocycles. The number of morpholine rings is 1. The Kier molecular flexibility index (Phi) is 4.64. The number of ether oxygens (including phenoxy) is 1. The van der Waals surface area contributed by atoms with Crippen LogP contribution >= 0.6 is 0 Å². The van der Waals surface area contributed by atoms with Crippen LogP contribution in [0.4, 0.5) is 15.9 Å². The zero-order valence-corrected chi connectivity index (χ0v) is 18.0. The minimum Gasteiger partial charge on any atom is -0.378 e. The second-order valence-corrected chi connectivity index (χ2v) is 8.23. The normalized spacial score (nSPS) is 20.4. The maximum absolute atomic E-state index is 13.3. The third-order valence-electron chi connectivity index (χ3n) is 6.13. The molecule has 11 heteroatoms. The van der Waals surface area contributed by atoms with E-state index < -0.39 is 12.2 Å². The fraction of sp³-hybridized carbons (Fsp3) is 0.364. The first-order chi connectivity index (χ1) is 16.1. The zero-order valence-electron chi connectivity index (χ0n) is 18.0. The molecular weight excluding hydrogens is 427 g/mol. The lowest BCUT2D eigenvalue weighted by atomic mass is 10.3. The lowest BCUT2D eigenvalue weighted by Crippen LogP contribution is -2.36. The Morgan fingerprint density at radius 2 is 2.12 bits per heavy atom. The molecule has 0 radical (unpaired) electrons. The van der Waals surface area contributed by atoms with Gasteiger partial charge in [-0.25, -0.2) is 9.37 Å². The molecule has 0 spiro atoms. The van der Waals surface area contributed by atoms with Crippen LogP contribution in [0.15, 0.2) is 36.8 Å². The molecule has 170 valence electrons. The van der Waals surface area contributed by atoms with Crippen molar-refractivity contribution in [1.29, 1.82) is 0 Å². The quantitative estimate of drug-likeness (QED) is 0.478. The number of carbonyl (C=O) groups excluding carboxylic acids is 1. The topological polar surface area (TPSA) is 102 Å². The second kappa shape index (κ2) is 7.69. The number of carbonyl (C=O) groups is 1. The van der Waals surface area contributed by atoms with Gasteiger partial charge in [-0.1, -0.05) is 0 Å². The van der Waals surface area contributed by atoms with Crippen LogP contribution in [-0.2, 0) is 4.74 Å². The number of anilines is 2. The first-order valence-electron chi connectivity index (χ1n) is 10.9. The first-order valence-corrected chi connectivity index (χ1v) is 10.9. The predicted molar refractivity (Wildman–Crippen MR) is 121 cm³/mol. The van der Waals surface area contributed by atoms with Crippen molar-refractivity contribution in [2.24, 2.45) is 0 Å². The number of aromatic nitrogens is 5. The molecule has 0 aromatic carbocycles. The van der Waals surface area contributed by atoms with Gasteiger partial charge in [0.25, 0.3) is 5.91 Å². The summed E-state index contributed by atoms with van der Waals surface area (Å²) in [7, 11) is 1.78. The highest BCUT2D eigenvalue weighted by atomic mass is 19.1. The van der Waals surface area contributed by atoms with E-state index in [1.54, 1.807) is 17.8 Å². The smallest absolute Gasteiger partial charge is 0.257 e. The number of nitrogens with one attached hydrogen (secondary N) is 2. The van der Waals surface area contributed by atoms with Crippen molar-refractivity contribution < 1.29 is 13.9 Å². The van der Waals surface area contributed by atoms with Gasteiger partial charge in [-0.3, -0.25) is 14.3 Å². The van der Waals surface area contributed by atoms with Crippen molar-refractivity contribution in [1.82, 2.24) is 29.5 Å². The molecule has 33 heavy (non-hydrogen) atoms. The molecule has 2 fully saturated rings. The molecule has 5 heterocycles. The van der Waals surface area contributed by atoms with Crippen LogP contribution in [0.25, 0.3) is 22.5 Å². The molecule has 2 N–H and O–H groups in total. The fourth-order valence-electron chi connectivity index (χ4n) is 4.24. The number of halogens is 1. The van der Waals surface area contributed by atoms with Crippen molar-refractivity contribution in [3.8, 4) is 5.82 Å². The Bertz CT molecular complexity index is 1360. The molecule has 1 aliphatic carbocycles. The number of amides is 1. The molecule has 4 aromatic rings. The maximum atomic E-state index is 13.3. The molecule has 1 amide bonds. The average molecular weight is 450 g/mol. The van der Waals surface area contributed by atoms with Gasteiger partial charge in [-0.15, -0.1) is 0 Å². The molecule has 2 aliphatic rings. The van der Waals surface area contributed by atoms with Crippen molar-refractivity contribution in [3.05, 3.63) is 42.4 Å². The van der Waals surface area contributed by atoms with E-state index in [1.165, 1.54) is 6.20 Å². The summed E-state index contributed by atoms with van der Waals surface area (Å²) in [6.07, 6.45) is 4.63. The van der Waals surface area contributed by atoms with Crippen LogP contribution in [0.5, 0.6) is 0 Å². The van der Waals surface area contributed by atoms with Gasteiger partial charge in [-0.2, -0.15) is 9.61 Å². The van der Waals surface area contributed by atoms with Crippen LogP contribution in [-0.4, -0.2) is 75.6 Å². The van der Waals surface area contributed by atoms with Crippen LogP contribution in [0.3, 0.4) is 0 Å². The Labute approximate surface area is 188 Å². The van der Waals surface area contributed by atoms with Crippen LogP contribution in [0, 0.1) is 0 Å². The van der Waals surface area contributed by atoms with Crippen molar-refractivity contribution in [2.75, 3.05) is 43.6 Å². The van der Waals surface area contributed by atoms with E-state index in [2.05, 4.69) is 25.6 Å². The molecule has 10 nitrogen and oxygen atoms in total. The monoisotopic (exact) mass is 450 g/mol. The number of fused-ring (bicyclic) bond motifs is 2. The van der Waals surface area contributed by atoms with E-state index in [0.717, 1.165) is 29.8 Å². The Morgan fingerprint density at radius 1 is 1.30 bits per heavy atom. The number of hydrogen-bond acceptors (Lipinski definition) is 7. The summed E-state index contributed by atoms with van der Waals surface area (Å²) in [5.74, 6) is 0.908. The number of pyridine rings is 1. The Morgan fingerprint density at radius 3 is 2.88 bits per heavy atom. The molecule has 1 saturated carbocycles. The molecule has 2 unspecified atom stereocenters. The summed E-state index contributed by atoms with van der Waals surface area (Å²) >= 11 is 0. The first kappa shape index (κ1) is 19.9. The zero-order chi connectivity index (χ0) is 22.5. The highest BCUT2D eigenvalue weighted by Gasteiger charge is 2.39. The van der Waals surface area contributed by atoms with Gasteiger partial charge in [0.15, 0.2) is 5.65 Å². The highest BCUT2D eigenvalue weighted by Crippen LogP contribution is 2.31. The van der Waals surface area contributed by atoms with Gasteiger partial charge < -0.3 is 20.3 Å². The summed E-state index contributed by atoms with van der Waals surface area (Å²) < 4.78 is 22.4. The van der Waals surface area contributed by atoms with E-state index >= 15 is 0 Å². The van der Waals surface area contributed by atoms with Crippen LogP contribution in [0.2, 0.25) is 0 Å². The van der Waals surface area contributed by atoms with Gasteiger partial charge in [0.05, 0.1) is 36.7 Å². The summed E-state index contributed by atoms with van der Waals surface area (Å²) in [6, 6.07) is 5.32. The van der Waals surface area contributed by atoms with Crippen molar-refractivity contribution in [3.63, 3.8) is 0 Å². The number of rotatable bonds is 5. The molecular formula is C22H23FN8O2. The fourth-order valence-corrected chi connectivity index (χ4v) is 4.24. The van der Waals surface area contributed by atoms with Gasteiger partial charge >= 0.3 is 0 Å². The number of alkyl halides is 1. The second-order valence-electron chi connectivity index (χ2n) is 8.23. The summed E-state index contributed by atoms with van der Waals surface area (Å²) in [4.78, 5) is 24.4. The number of hydrogen-bond donors (Lipinski definition) is 2. The molecule has 1 saturated heterocycles.